The zero-order chi connectivity index (χ0) is 14.5. The quantitative estimate of drug-likeness (QED) is 0.665. The van der Waals surface area contributed by atoms with Gasteiger partial charge in [0.2, 0.25) is 5.82 Å². The van der Waals surface area contributed by atoms with Crippen LogP contribution in [-0.4, -0.2) is 35.5 Å². The van der Waals surface area contributed by atoms with E-state index in [1.54, 1.807) is 6.07 Å². The predicted octanol–water partition coefficient (Wildman–Crippen LogP) is 3.02. The van der Waals surface area contributed by atoms with Crippen LogP contribution in [0.15, 0.2) is 18.2 Å². The molecule has 6 heteroatoms. The fourth-order valence-corrected chi connectivity index (χ4v) is 2.65. The number of nitrogens with zero attached hydrogens (tertiary/aromatic N) is 2. The molecule has 110 valence electrons. The molecule has 0 spiro atoms. The standard InChI is InChI=1S/C14H20FN3O2/c1-2-8-17-9-6-11(7-10-17)16-13-5-3-4-12(15)14(13)18(19)20/h3-5,11,16H,2,6-10H2,1H3. The Bertz CT molecular complexity index is 473. The molecule has 2 rings (SSSR count). The molecule has 0 bridgehead atoms. The summed E-state index contributed by atoms with van der Waals surface area (Å²) < 4.78 is 13.5. The van der Waals surface area contributed by atoms with Crippen LogP contribution in [0.25, 0.3) is 0 Å². The van der Waals surface area contributed by atoms with E-state index in [2.05, 4.69) is 17.1 Å². The van der Waals surface area contributed by atoms with Gasteiger partial charge in [-0.1, -0.05) is 13.0 Å². The average Bonchev–Trinajstić information content (AvgIpc) is 2.41. The molecule has 1 heterocycles. The molecule has 0 saturated carbocycles. The Kier molecular flexibility index (Phi) is 4.89. The number of hydrogen-bond donors (Lipinski definition) is 1. The molecule has 1 N–H and O–H groups in total. The van der Waals surface area contributed by atoms with Crippen molar-refractivity contribution in [3.8, 4) is 0 Å². The van der Waals surface area contributed by atoms with Gasteiger partial charge < -0.3 is 10.2 Å². The zero-order valence-electron chi connectivity index (χ0n) is 11.6. The van der Waals surface area contributed by atoms with Crippen molar-refractivity contribution < 1.29 is 9.31 Å². The molecule has 1 aromatic carbocycles. The number of benzene rings is 1. The van der Waals surface area contributed by atoms with Crippen LogP contribution in [0, 0.1) is 15.9 Å². The number of likely N-dealkylation sites (tertiary alicyclic amines) is 1. The van der Waals surface area contributed by atoms with E-state index in [9.17, 15) is 14.5 Å². The smallest absolute Gasteiger partial charge is 0.327 e. The fourth-order valence-electron chi connectivity index (χ4n) is 2.65. The Labute approximate surface area is 117 Å². The van der Waals surface area contributed by atoms with E-state index in [0.29, 0.717) is 0 Å². The zero-order valence-corrected chi connectivity index (χ0v) is 11.6. The lowest BCUT2D eigenvalue weighted by Crippen LogP contribution is -2.39. The molecule has 1 aliphatic rings. The maximum Gasteiger partial charge on any atom is 0.327 e. The van der Waals surface area contributed by atoms with Crippen LogP contribution in [0.5, 0.6) is 0 Å². The maximum absolute atomic E-state index is 13.5. The molecule has 0 aliphatic carbocycles. The minimum Gasteiger partial charge on any atom is -0.377 e. The molecule has 1 aromatic rings. The molecule has 0 aromatic heterocycles. The Morgan fingerprint density at radius 2 is 2.15 bits per heavy atom. The van der Waals surface area contributed by atoms with Gasteiger partial charge in [-0.05, 0) is 37.9 Å². The summed E-state index contributed by atoms with van der Waals surface area (Å²) in [5, 5.41) is 14.1. The van der Waals surface area contributed by atoms with Crippen LogP contribution < -0.4 is 5.32 Å². The summed E-state index contributed by atoms with van der Waals surface area (Å²) in [5.74, 6) is -0.789. The first kappa shape index (κ1) is 14.7. The number of nitrogens with one attached hydrogen (secondary N) is 1. The lowest BCUT2D eigenvalue weighted by molar-refractivity contribution is -0.386. The fraction of sp³-hybridized carbons (Fsp3) is 0.571. The highest BCUT2D eigenvalue weighted by Crippen LogP contribution is 2.29. The predicted molar refractivity (Wildman–Crippen MR) is 76.4 cm³/mol. The number of anilines is 1. The average molecular weight is 281 g/mol. The lowest BCUT2D eigenvalue weighted by atomic mass is 10.0. The molecule has 0 atom stereocenters. The molecule has 0 radical (unpaired) electrons. The summed E-state index contributed by atoms with van der Waals surface area (Å²) in [7, 11) is 0. The molecular formula is C14H20FN3O2. The largest absolute Gasteiger partial charge is 0.377 e. The van der Waals surface area contributed by atoms with Crippen LogP contribution in [0.4, 0.5) is 15.8 Å². The van der Waals surface area contributed by atoms with Crippen molar-refractivity contribution in [3.05, 3.63) is 34.1 Å². The Morgan fingerprint density at radius 3 is 2.75 bits per heavy atom. The summed E-state index contributed by atoms with van der Waals surface area (Å²) in [4.78, 5) is 12.7. The first-order valence-corrected chi connectivity index (χ1v) is 7.03. The number of rotatable bonds is 5. The van der Waals surface area contributed by atoms with Gasteiger partial charge >= 0.3 is 5.69 Å². The first-order chi connectivity index (χ1) is 9.61. The monoisotopic (exact) mass is 281 g/mol. The second-order valence-electron chi connectivity index (χ2n) is 5.15. The highest BCUT2D eigenvalue weighted by atomic mass is 19.1. The third kappa shape index (κ3) is 3.45. The van der Waals surface area contributed by atoms with Crippen LogP contribution in [0.1, 0.15) is 26.2 Å². The number of piperidine rings is 1. The number of nitro groups is 1. The van der Waals surface area contributed by atoms with Crippen LogP contribution >= 0.6 is 0 Å². The number of para-hydroxylation sites is 1. The van der Waals surface area contributed by atoms with Gasteiger partial charge in [0.05, 0.1) is 4.92 Å². The van der Waals surface area contributed by atoms with E-state index in [0.717, 1.165) is 45.0 Å². The summed E-state index contributed by atoms with van der Waals surface area (Å²) in [6, 6.07) is 4.35. The third-order valence-corrected chi connectivity index (χ3v) is 3.66. The van der Waals surface area contributed by atoms with E-state index in [1.165, 1.54) is 6.07 Å². The molecule has 1 aliphatic heterocycles. The Balaban J connectivity index is 2.01. The van der Waals surface area contributed by atoms with E-state index in [1.807, 2.05) is 0 Å². The minimum absolute atomic E-state index is 0.170. The summed E-state index contributed by atoms with van der Waals surface area (Å²) >= 11 is 0. The van der Waals surface area contributed by atoms with Crippen molar-refractivity contribution in [3.63, 3.8) is 0 Å². The van der Waals surface area contributed by atoms with E-state index in [-0.39, 0.29) is 11.7 Å². The van der Waals surface area contributed by atoms with Crippen molar-refractivity contribution >= 4 is 11.4 Å². The SMILES string of the molecule is CCCN1CCC(Nc2cccc(F)c2[N+](=O)[O-])CC1. The van der Waals surface area contributed by atoms with Crippen LogP contribution in [0.3, 0.4) is 0 Å². The molecule has 0 unspecified atom stereocenters. The normalized spacial score (nSPS) is 17.1. The third-order valence-electron chi connectivity index (χ3n) is 3.66. The second-order valence-corrected chi connectivity index (χ2v) is 5.15. The van der Waals surface area contributed by atoms with Gasteiger partial charge in [0.15, 0.2) is 0 Å². The maximum atomic E-state index is 13.5. The van der Waals surface area contributed by atoms with Crippen molar-refractivity contribution in [1.29, 1.82) is 0 Å². The summed E-state index contributed by atoms with van der Waals surface area (Å²) in [6.45, 7) is 5.20. The highest BCUT2D eigenvalue weighted by Gasteiger charge is 2.24. The molecule has 5 nitrogen and oxygen atoms in total. The van der Waals surface area contributed by atoms with Crippen molar-refractivity contribution in [2.24, 2.45) is 0 Å². The van der Waals surface area contributed by atoms with Crippen molar-refractivity contribution in [2.45, 2.75) is 32.2 Å². The van der Waals surface area contributed by atoms with Crippen molar-refractivity contribution in [1.82, 2.24) is 4.90 Å². The summed E-state index contributed by atoms with van der Waals surface area (Å²) in [6.07, 6.45) is 2.98. The minimum atomic E-state index is -0.789. The van der Waals surface area contributed by atoms with Gasteiger partial charge in [0.25, 0.3) is 0 Å². The second kappa shape index (κ2) is 6.65. The first-order valence-electron chi connectivity index (χ1n) is 7.03. The van der Waals surface area contributed by atoms with Crippen LogP contribution in [0.2, 0.25) is 0 Å². The highest BCUT2D eigenvalue weighted by molar-refractivity contribution is 5.62. The van der Waals surface area contributed by atoms with Gasteiger partial charge in [-0.3, -0.25) is 10.1 Å². The Hall–Kier alpha value is -1.69. The van der Waals surface area contributed by atoms with Gasteiger partial charge in [0, 0.05) is 19.1 Å². The number of halogens is 1. The number of hydrogen-bond acceptors (Lipinski definition) is 4. The summed E-state index contributed by atoms with van der Waals surface area (Å²) in [5.41, 5.74) is -0.174. The Morgan fingerprint density at radius 1 is 1.45 bits per heavy atom. The number of nitro benzene ring substituents is 1. The topological polar surface area (TPSA) is 58.4 Å². The van der Waals surface area contributed by atoms with E-state index < -0.39 is 16.4 Å². The van der Waals surface area contributed by atoms with Gasteiger partial charge in [-0.2, -0.15) is 4.39 Å². The van der Waals surface area contributed by atoms with E-state index >= 15 is 0 Å². The van der Waals surface area contributed by atoms with E-state index in [4.69, 9.17) is 0 Å². The van der Waals surface area contributed by atoms with Crippen LogP contribution in [-0.2, 0) is 0 Å². The molecule has 20 heavy (non-hydrogen) atoms. The molecule has 1 saturated heterocycles. The molecular weight excluding hydrogens is 261 g/mol. The molecule has 0 amide bonds. The van der Waals surface area contributed by atoms with Gasteiger partial charge in [-0.25, -0.2) is 0 Å². The lowest BCUT2D eigenvalue weighted by Gasteiger charge is -2.32. The van der Waals surface area contributed by atoms with Crippen molar-refractivity contribution in [2.75, 3.05) is 25.0 Å². The van der Waals surface area contributed by atoms with Gasteiger partial charge in [0.1, 0.15) is 5.69 Å². The van der Waals surface area contributed by atoms with Gasteiger partial charge in [-0.15, -0.1) is 0 Å². The molecule has 1 fully saturated rings.